The van der Waals surface area contributed by atoms with Gasteiger partial charge < -0.3 is 10.2 Å². The summed E-state index contributed by atoms with van der Waals surface area (Å²) in [6.45, 7) is 4.39. The van der Waals surface area contributed by atoms with Crippen molar-refractivity contribution in [2.24, 2.45) is 0 Å². The summed E-state index contributed by atoms with van der Waals surface area (Å²) in [5, 5.41) is 3.35. The number of hydrogen-bond acceptors (Lipinski definition) is 3. The first kappa shape index (κ1) is 12.4. The number of amides is 1. The lowest BCUT2D eigenvalue weighted by molar-refractivity contribution is 0.0991. The Morgan fingerprint density at radius 3 is 2.89 bits per heavy atom. The SMILES string of the molecule is Cc1ccc(C(=O)N2CCNCc3ccccc32)s1. The summed E-state index contributed by atoms with van der Waals surface area (Å²) in [6, 6.07) is 12.0. The molecule has 0 saturated heterocycles. The predicted molar refractivity (Wildman–Crippen MR) is 78.9 cm³/mol. The topological polar surface area (TPSA) is 32.3 Å². The van der Waals surface area contributed by atoms with E-state index in [2.05, 4.69) is 11.4 Å². The minimum absolute atomic E-state index is 0.106. The summed E-state index contributed by atoms with van der Waals surface area (Å²) >= 11 is 1.56. The lowest BCUT2D eigenvalue weighted by atomic mass is 10.1. The normalized spacial score (nSPS) is 14.9. The summed E-state index contributed by atoms with van der Waals surface area (Å²) in [4.78, 5) is 16.5. The number of benzene rings is 1. The lowest BCUT2D eigenvalue weighted by Crippen LogP contribution is -2.34. The zero-order valence-electron chi connectivity index (χ0n) is 10.8. The van der Waals surface area contributed by atoms with Gasteiger partial charge in [0.25, 0.3) is 5.91 Å². The summed E-state index contributed by atoms with van der Waals surface area (Å²) < 4.78 is 0. The van der Waals surface area contributed by atoms with E-state index in [0.29, 0.717) is 6.54 Å². The zero-order chi connectivity index (χ0) is 13.2. The quantitative estimate of drug-likeness (QED) is 0.866. The second kappa shape index (κ2) is 5.15. The van der Waals surface area contributed by atoms with Crippen LogP contribution < -0.4 is 10.2 Å². The molecule has 0 saturated carbocycles. The van der Waals surface area contributed by atoms with Gasteiger partial charge in [0.1, 0.15) is 0 Å². The molecule has 1 N–H and O–H groups in total. The largest absolute Gasteiger partial charge is 0.311 e. The van der Waals surface area contributed by atoms with E-state index >= 15 is 0 Å². The number of anilines is 1. The maximum atomic E-state index is 12.6. The van der Waals surface area contributed by atoms with Crippen molar-refractivity contribution in [1.82, 2.24) is 5.32 Å². The highest BCUT2D eigenvalue weighted by Crippen LogP contribution is 2.26. The molecule has 0 atom stereocenters. The van der Waals surface area contributed by atoms with Crippen molar-refractivity contribution in [1.29, 1.82) is 0 Å². The zero-order valence-corrected chi connectivity index (χ0v) is 11.7. The summed E-state index contributed by atoms with van der Waals surface area (Å²) in [6.07, 6.45) is 0. The van der Waals surface area contributed by atoms with E-state index in [1.165, 1.54) is 10.4 Å². The fraction of sp³-hybridized carbons (Fsp3) is 0.267. The van der Waals surface area contributed by atoms with Crippen molar-refractivity contribution in [3.8, 4) is 0 Å². The molecule has 4 heteroatoms. The van der Waals surface area contributed by atoms with Gasteiger partial charge in [-0.25, -0.2) is 0 Å². The van der Waals surface area contributed by atoms with Gasteiger partial charge in [0.05, 0.1) is 4.88 Å². The molecule has 1 aliphatic heterocycles. The molecule has 19 heavy (non-hydrogen) atoms. The Balaban J connectivity index is 1.98. The Kier molecular flexibility index (Phi) is 3.36. The van der Waals surface area contributed by atoms with Crippen molar-refractivity contribution < 1.29 is 4.79 Å². The molecule has 3 rings (SSSR count). The van der Waals surface area contributed by atoms with Crippen LogP contribution in [0.25, 0.3) is 0 Å². The van der Waals surface area contributed by atoms with E-state index in [0.717, 1.165) is 23.7 Å². The third kappa shape index (κ3) is 2.41. The van der Waals surface area contributed by atoms with Crippen LogP contribution in [-0.2, 0) is 6.54 Å². The van der Waals surface area contributed by atoms with Crippen LogP contribution >= 0.6 is 11.3 Å². The molecule has 1 amide bonds. The van der Waals surface area contributed by atoms with Crippen molar-refractivity contribution in [3.05, 3.63) is 51.7 Å². The highest BCUT2D eigenvalue weighted by atomic mass is 32.1. The minimum Gasteiger partial charge on any atom is -0.311 e. The molecule has 1 aromatic carbocycles. The second-order valence-corrected chi connectivity index (χ2v) is 5.96. The average Bonchev–Trinajstić information content (AvgIpc) is 2.74. The molecule has 0 fully saturated rings. The predicted octanol–water partition coefficient (Wildman–Crippen LogP) is 2.81. The number of nitrogens with zero attached hydrogens (tertiary/aromatic N) is 1. The Morgan fingerprint density at radius 2 is 2.11 bits per heavy atom. The van der Waals surface area contributed by atoms with Gasteiger partial charge in [0.2, 0.25) is 0 Å². The summed E-state index contributed by atoms with van der Waals surface area (Å²) in [5.41, 5.74) is 2.21. The van der Waals surface area contributed by atoms with Crippen LogP contribution in [0.5, 0.6) is 0 Å². The smallest absolute Gasteiger partial charge is 0.268 e. The van der Waals surface area contributed by atoms with E-state index in [-0.39, 0.29) is 5.91 Å². The molecule has 2 aromatic rings. The van der Waals surface area contributed by atoms with E-state index in [1.54, 1.807) is 11.3 Å². The number of aryl methyl sites for hydroxylation is 1. The van der Waals surface area contributed by atoms with Gasteiger partial charge in [0.15, 0.2) is 0 Å². The Labute approximate surface area is 116 Å². The number of carbonyl (C=O) groups excluding carboxylic acids is 1. The second-order valence-electron chi connectivity index (χ2n) is 4.67. The van der Waals surface area contributed by atoms with Gasteiger partial charge in [-0.05, 0) is 30.7 Å². The van der Waals surface area contributed by atoms with Gasteiger partial charge in [-0.2, -0.15) is 0 Å². The minimum atomic E-state index is 0.106. The molecule has 1 aliphatic rings. The molecule has 0 bridgehead atoms. The fourth-order valence-electron chi connectivity index (χ4n) is 2.35. The first-order valence-electron chi connectivity index (χ1n) is 6.42. The highest BCUT2D eigenvalue weighted by molar-refractivity contribution is 7.14. The number of nitrogens with one attached hydrogen (secondary N) is 1. The van der Waals surface area contributed by atoms with Crippen molar-refractivity contribution in [2.75, 3.05) is 18.0 Å². The van der Waals surface area contributed by atoms with Crippen LogP contribution in [0.2, 0.25) is 0 Å². The number of thiophene rings is 1. The van der Waals surface area contributed by atoms with Crippen molar-refractivity contribution in [2.45, 2.75) is 13.5 Å². The number of fused-ring (bicyclic) bond motifs is 1. The first-order chi connectivity index (χ1) is 9.25. The van der Waals surface area contributed by atoms with Gasteiger partial charge >= 0.3 is 0 Å². The molecule has 1 aromatic heterocycles. The molecule has 0 radical (unpaired) electrons. The van der Waals surface area contributed by atoms with Crippen LogP contribution in [-0.4, -0.2) is 19.0 Å². The molecular formula is C15H16N2OS. The van der Waals surface area contributed by atoms with Crippen LogP contribution in [0.1, 0.15) is 20.1 Å². The van der Waals surface area contributed by atoms with Gasteiger partial charge in [0, 0.05) is 30.2 Å². The van der Waals surface area contributed by atoms with E-state index < -0.39 is 0 Å². The van der Waals surface area contributed by atoms with E-state index in [4.69, 9.17) is 0 Å². The molecule has 0 aliphatic carbocycles. The standard InChI is InChI=1S/C15H16N2OS/c1-11-6-7-14(19-11)15(18)17-9-8-16-10-12-4-2-3-5-13(12)17/h2-7,16H,8-10H2,1H3. The monoisotopic (exact) mass is 272 g/mol. The van der Waals surface area contributed by atoms with Crippen molar-refractivity contribution in [3.63, 3.8) is 0 Å². The highest BCUT2D eigenvalue weighted by Gasteiger charge is 2.22. The first-order valence-corrected chi connectivity index (χ1v) is 7.24. The molecule has 98 valence electrons. The van der Waals surface area contributed by atoms with Crippen LogP contribution in [0.4, 0.5) is 5.69 Å². The Morgan fingerprint density at radius 1 is 1.26 bits per heavy atom. The Hall–Kier alpha value is -1.65. The average molecular weight is 272 g/mol. The summed E-state index contributed by atoms with van der Waals surface area (Å²) in [7, 11) is 0. The number of para-hydroxylation sites is 1. The van der Waals surface area contributed by atoms with Crippen LogP contribution in [0, 0.1) is 6.92 Å². The molecule has 0 unspecified atom stereocenters. The van der Waals surface area contributed by atoms with Crippen LogP contribution in [0.15, 0.2) is 36.4 Å². The van der Waals surface area contributed by atoms with Gasteiger partial charge in [-0.3, -0.25) is 4.79 Å². The number of rotatable bonds is 1. The fourth-order valence-corrected chi connectivity index (χ4v) is 3.17. The number of hydrogen-bond donors (Lipinski definition) is 1. The maximum absolute atomic E-state index is 12.6. The number of carbonyl (C=O) groups is 1. The van der Waals surface area contributed by atoms with Gasteiger partial charge in [-0.1, -0.05) is 18.2 Å². The maximum Gasteiger partial charge on any atom is 0.268 e. The van der Waals surface area contributed by atoms with E-state index in [9.17, 15) is 4.79 Å². The summed E-state index contributed by atoms with van der Waals surface area (Å²) in [5.74, 6) is 0.106. The molecular weight excluding hydrogens is 256 g/mol. The van der Waals surface area contributed by atoms with Crippen molar-refractivity contribution >= 4 is 22.9 Å². The molecule has 3 nitrogen and oxygen atoms in total. The third-order valence-corrected chi connectivity index (χ3v) is 4.30. The van der Waals surface area contributed by atoms with Crippen LogP contribution in [0.3, 0.4) is 0 Å². The Bertz CT molecular complexity index is 606. The third-order valence-electron chi connectivity index (χ3n) is 3.31. The van der Waals surface area contributed by atoms with E-state index in [1.807, 2.05) is 42.2 Å². The van der Waals surface area contributed by atoms with Gasteiger partial charge in [-0.15, -0.1) is 11.3 Å². The lowest BCUT2D eigenvalue weighted by Gasteiger charge is -2.21. The molecule has 0 spiro atoms. The molecule has 2 heterocycles.